The van der Waals surface area contributed by atoms with E-state index in [0.29, 0.717) is 22.9 Å². The fraction of sp³-hybridized carbons (Fsp3) is 0.257. The number of ether oxygens (including phenoxy) is 2. The van der Waals surface area contributed by atoms with Gasteiger partial charge in [0.1, 0.15) is 24.4 Å². The van der Waals surface area contributed by atoms with Crippen LogP contribution in [0.5, 0.6) is 11.5 Å². The minimum absolute atomic E-state index is 0.0140. The highest BCUT2D eigenvalue weighted by Gasteiger charge is 2.26. The van der Waals surface area contributed by atoms with E-state index in [1.807, 2.05) is 63.2 Å². The summed E-state index contributed by atoms with van der Waals surface area (Å²) in [5, 5.41) is 27.2. The van der Waals surface area contributed by atoms with Crippen LogP contribution in [-0.4, -0.2) is 56.4 Å². The molecule has 1 saturated heterocycles. The Morgan fingerprint density at radius 2 is 1.71 bits per heavy atom. The third kappa shape index (κ3) is 5.66. The van der Waals surface area contributed by atoms with Crippen molar-refractivity contribution < 1.29 is 19.4 Å². The van der Waals surface area contributed by atoms with Gasteiger partial charge in [-0.2, -0.15) is 0 Å². The number of imidazole rings is 1. The summed E-state index contributed by atoms with van der Waals surface area (Å²) in [6.45, 7) is 7.48. The predicted octanol–water partition coefficient (Wildman–Crippen LogP) is 6.20. The lowest BCUT2D eigenvalue weighted by Gasteiger charge is -2.33. The average Bonchev–Trinajstić information content (AvgIpc) is 3.36. The van der Waals surface area contributed by atoms with Crippen LogP contribution in [0, 0.1) is 24.7 Å². The number of fused-ring (bicyclic) bond motifs is 2. The molecule has 0 spiro atoms. The second kappa shape index (κ2) is 12.0. The first kappa shape index (κ1) is 29.7. The first-order valence-corrected chi connectivity index (χ1v) is 14.9. The summed E-state index contributed by atoms with van der Waals surface area (Å²) in [4.78, 5) is 18.4. The van der Waals surface area contributed by atoms with Gasteiger partial charge in [-0.05, 0) is 56.0 Å². The molecule has 0 unspecified atom stereocenters. The Balaban J connectivity index is 1.45. The Morgan fingerprint density at radius 1 is 1.02 bits per heavy atom. The maximum Gasteiger partial charge on any atom is 0.335 e. The molecular weight excluding hydrogens is 568 g/mol. The zero-order valence-electron chi connectivity index (χ0n) is 25.6. The zero-order valence-corrected chi connectivity index (χ0v) is 25.6. The highest BCUT2D eigenvalue weighted by Crippen LogP contribution is 2.41. The van der Waals surface area contributed by atoms with Gasteiger partial charge < -0.3 is 25.2 Å². The lowest BCUT2D eigenvalue weighted by Crippen LogP contribution is -2.40. The van der Waals surface area contributed by atoms with Gasteiger partial charge in [0.05, 0.1) is 28.1 Å². The summed E-state index contributed by atoms with van der Waals surface area (Å²) in [6, 6.07) is 20.4. The number of nitrogens with one attached hydrogen (secondary N) is 2. The van der Waals surface area contributed by atoms with E-state index in [-0.39, 0.29) is 24.1 Å². The zero-order chi connectivity index (χ0) is 31.8. The van der Waals surface area contributed by atoms with Crippen molar-refractivity contribution in [3.05, 3.63) is 94.8 Å². The van der Waals surface area contributed by atoms with Crippen LogP contribution < -0.4 is 15.2 Å². The number of aromatic nitrogens is 2. The van der Waals surface area contributed by atoms with Crippen LogP contribution in [0.25, 0.3) is 27.5 Å². The number of amidine groups is 2. The highest BCUT2D eigenvalue weighted by atomic mass is 16.5. The Morgan fingerprint density at radius 3 is 2.36 bits per heavy atom. The van der Waals surface area contributed by atoms with E-state index < -0.39 is 5.97 Å². The van der Waals surface area contributed by atoms with E-state index in [2.05, 4.69) is 9.47 Å². The second-order valence-corrected chi connectivity index (χ2v) is 11.5. The number of likely N-dealkylation sites (tertiary alicyclic amines) is 1. The van der Waals surface area contributed by atoms with Crippen LogP contribution in [-0.2, 0) is 6.61 Å². The molecule has 0 saturated carbocycles. The molecule has 1 fully saturated rings. The minimum atomic E-state index is -0.974. The molecule has 45 heavy (non-hydrogen) atoms. The Hall–Kier alpha value is -5.38. The van der Waals surface area contributed by atoms with Crippen molar-refractivity contribution in [2.24, 2.45) is 5.73 Å². The van der Waals surface area contributed by atoms with Gasteiger partial charge in [0, 0.05) is 48.5 Å². The first-order valence-electron chi connectivity index (χ1n) is 14.9. The van der Waals surface area contributed by atoms with E-state index in [9.17, 15) is 9.90 Å². The number of hydrogen-bond acceptors (Lipinski definition) is 6. The van der Waals surface area contributed by atoms with Crippen molar-refractivity contribution in [3.8, 4) is 17.2 Å². The number of aryl methyl sites for hydroxylation is 2. The number of carboxylic acids is 1. The van der Waals surface area contributed by atoms with Gasteiger partial charge in [-0.3, -0.25) is 15.4 Å². The summed E-state index contributed by atoms with van der Waals surface area (Å²) < 4.78 is 15.2. The monoisotopic (exact) mass is 604 g/mol. The molecule has 1 aliphatic rings. The summed E-state index contributed by atoms with van der Waals surface area (Å²) in [7, 11) is 0. The van der Waals surface area contributed by atoms with Crippen LogP contribution in [0.1, 0.15) is 52.6 Å². The molecule has 5 aromatic rings. The van der Waals surface area contributed by atoms with Gasteiger partial charge >= 0.3 is 5.97 Å². The molecule has 1 aliphatic heterocycles. The lowest BCUT2D eigenvalue weighted by molar-refractivity contribution is 0.0696. The van der Waals surface area contributed by atoms with Gasteiger partial charge in [0.25, 0.3) is 0 Å². The number of nitrogen functional groups attached to an aromatic ring is 1. The molecule has 230 valence electrons. The van der Waals surface area contributed by atoms with Crippen molar-refractivity contribution >= 4 is 39.4 Å². The molecule has 0 bridgehead atoms. The van der Waals surface area contributed by atoms with Gasteiger partial charge in [-0.1, -0.05) is 36.4 Å². The molecule has 4 aromatic carbocycles. The van der Waals surface area contributed by atoms with Crippen LogP contribution in [0.2, 0.25) is 0 Å². The Labute approximate surface area is 261 Å². The Kier molecular flexibility index (Phi) is 7.88. The first-order chi connectivity index (χ1) is 21.6. The third-order valence-corrected chi connectivity index (χ3v) is 8.49. The summed E-state index contributed by atoms with van der Waals surface area (Å²) >= 11 is 0. The molecule has 10 heteroatoms. The van der Waals surface area contributed by atoms with Gasteiger partial charge in [0.2, 0.25) is 0 Å². The maximum atomic E-state index is 11.3. The average molecular weight is 605 g/mol. The fourth-order valence-corrected chi connectivity index (χ4v) is 6.11. The van der Waals surface area contributed by atoms with E-state index >= 15 is 0 Å². The molecule has 2 heterocycles. The van der Waals surface area contributed by atoms with E-state index in [0.717, 1.165) is 70.4 Å². The highest BCUT2D eigenvalue weighted by molar-refractivity contribution is 6.10. The normalized spacial score (nSPS) is 13.7. The molecule has 1 aromatic heterocycles. The second-order valence-electron chi connectivity index (χ2n) is 11.5. The summed E-state index contributed by atoms with van der Waals surface area (Å²) in [5.41, 5.74) is 11.1. The fourth-order valence-electron chi connectivity index (χ4n) is 6.11. The van der Waals surface area contributed by atoms with E-state index in [1.54, 1.807) is 24.3 Å². The topological polar surface area (TPSA) is 151 Å². The van der Waals surface area contributed by atoms with Gasteiger partial charge in [-0.25, -0.2) is 9.78 Å². The smallest absolute Gasteiger partial charge is 0.335 e. The summed E-state index contributed by atoms with van der Waals surface area (Å²) in [5.74, 6) is 1.59. The van der Waals surface area contributed by atoms with Crippen molar-refractivity contribution in [1.82, 2.24) is 14.5 Å². The SMILES string of the molecule is CC(=N)N1CCC(Oc2cc3c(nc(C)n3-c3ccc(C(=N)N)c4ccccc34)c(C)c2OCc2ccc(C(=O)O)cc2)CC1. The minimum Gasteiger partial charge on any atom is -0.486 e. The molecule has 6 rings (SSSR count). The number of nitrogens with zero attached hydrogens (tertiary/aromatic N) is 3. The number of aromatic carboxylic acids is 1. The molecule has 10 nitrogen and oxygen atoms in total. The van der Waals surface area contributed by atoms with Crippen molar-refractivity contribution in [1.29, 1.82) is 10.8 Å². The van der Waals surface area contributed by atoms with Crippen LogP contribution in [0.15, 0.2) is 66.7 Å². The Bertz CT molecular complexity index is 1960. The van der Waals surface area contributed by atoms with E-state index in [1.165, 1.54) is 0 Å². The predicted molar refractivity (Wildman–Crippen MR) is 175 cm³/mol. The lowest BCUT2D eigenvalue weighted by atomic mass is 10.0. The number of piperidine rings is 1. The van der Waals surface area contributed by atoms with Crippen molar-refractivity contribution in [2.75, 3.05) is 13.1 Å². The molecular formula is C35H36N6O4. The number of carboxylic acid groups (broad SMARTS) is 1. The van der Waals surface area contributed by atoms with Crippen molar-refractivity contribution in [2.45, 2.75) is 46.3 Å². The maximum absolute atomic E-state index is 11.3. The van der Waals surface area contributed by atoms with Gasteiger partial charge in [-0.15, -0.1) is 0 Å². The largest absolute Gasteiger partial charge is 0.486 e. The van der Waals surface area contributed by atoms with E-state index in [4.69, 9.17) is 31.0 Å². The van der Waals surface area contributed by atoms with Crippen LogP contribution in [0.4, 0.5) is 0 Å². The number of carbonyl (C=O) groups is 1. The molecule has 0 amide bonds. The number of nitrogens with two attached hydrogens (primary N) is 1. The molecule has 0 atom stereocenters. The quantitative estimate of drug-likeness (QED) is 0.122. The number of hydrogen-bond donors (Lipinski definition) is 4. The van der Waals surface area contributed by atoms with Gasteiger partial charge in [0.15, 0.2) is 11.5 Å². The standard InChI is InChI=1S/C35H36N6O4/c1-20-32-30(41(22(3)39-32)29-13-12-28(34(37)38)26-6-4-5-7-27(26)29)18-31(45-25-14-16-40(17-15-25)21(2)36)33(20)44-19-23-8-10-24(11-9-23)35(42)43/h4-13,18,25,36H,14-17,19H2,1-3H3,(H3,37,38)(H,42,43). The third-order valence-electron chi connectivity index (χ3n) is 8.49. The number of rotatable bonds is 8. The molecule has 0 aliphatic carbocycles. The van der Waals surface area contributed by atoms with Crippen molar-refractivity contribution in [3.63, 3.8) is 0 Å². The molecule has 5 N–H and O–H groups in total. The number of benzene rings is 4. The molecule has 0 radical (unpaired) electrons. The van der Waals surface area contributed by atoms with Crippen LogP contribution >= 0.6 is 0 Å². The summed E-state index contributed by atoms with van der Waals surface area (Å²) in [6.07, 6.45) is 1.50. The van der Waals surface area contributed by atoms with Crippen LogP contribution in [0.3, 0.4) is 0 Å².